The van der Waals surface area contributed by atoms with Gasteiger partial charge in [0.2, 0.25) is 0 Å². The highest BCUT2D eigenvalue weighted by Gasteiger charge is 2.27. The monoisotopic (exact) mass is 720 g/mol. The summed E-state index contributed by atoms with van der Waals surface area (Å²) in [6.45, 7) is 0. The van der Waals surface area contributed by atoms with Crippen LogP contribution in [-0.2, 0) is 0 Å². The average molecular weight is 721 g/mol. The number of benzene rings is 9. The second-order valence-corrected chi connectivity index (χ2v) is 14.8. The predicted octanol–water partition coefficient (Wildman–Crippen LogP) is 15.5. The summed E-state index contributed by atoms with van der Waals surface area (Å²) in [7, 11) is 0. The van der Waals surface area contributed by atoms with Crippen molar-refractivity contribution < 1.29 is 0 Å². The minimum absolute atomic E-state index is 1.09. The predicted molar refractivity (Wildman–Crippen MR) is 237 cm³/mol. The van der Waals surface area contributed by atoms with Crippen LogP contribution in [0.4, 0.5) is 34.1 Å². The maximum Gasteiger partial charge on any atom is 0.0883 e. The fourth-order valence-corrected chi connectivity index (χ4v) is 9.09. The molecule has 0 unspecified atom stereocenters. The summed E-state index contributed by atoms with van der Waals surface area (Å²) in [5.41, 5.74) is 11.4. The molecule has 1 heterocycles. The smallest absolute Gasteiger partial charge is 0.0883 e. The van der Waals surface area contributed by atoms with E-state index in [0.717, 1.165) is 34.1 Å². The highest BCUT2D eigenvalue weighted by molar-refractivity contribution is 7.26. The van der Waals surface area contributed by atoms with Crippen molar-refractivity contribution in [1.82, 2.24) is 0 Å². The molecule has 3 heteroatoms. The molecule has 55 heavy (non-hydrogen) atoms. The zero-order valence-electron chi connectivity index (χ0n) is 30.1. The van der Waals surface area contributed by atoms with Gasteiger partial charge in [-0.3, -0.25) is 0 Å². The van der Waals surface area contributed by atoms with Gasteiger partial charge in [0.05, 0.1) is 16.1 Å². The second kappa shape index (κ2) is 14.1. The van der Waals surface area contributed by atoms with E-state index in [1.165, 1.54) is 53.2 Å². The molecule has 10 rings (SSSR count). The van der Waals surface area contributed by atoms with E-state index in [2.05, 4.69) is 228 Å². The first kappa shape index (κ1) is 32.7. The summed E-state index contributed by atoms with van der Waals surface area (Å²) >= 11 is 1.87. The number of nitrogens with zero attached hydrogens (tertiary/aromatic N) is 2. The van der Waals surface area contributed by atoms with Crippen LogP contribution >= 0.6 is 11.3 Å². The van der Waals surface area contributed by atoms with Gasteiger partial charge in [-0.1, -0.05) is 158 Å². The fourth-order valence-electron chi connectivity index (χ4n) is 7.84. The van der Waals surface area contributed by atoms with Crippen LogP contribution in [0.25, 0.3) is 53.2 Å². The van der Waals surface area contributed by atoms with Crippen LogP contribution < -0.4 is 9.80 Å². The summed E-state index contributed by atoms with van der Waals surface area (Å²) in [6, 6.07) is 78.8. The molecule has 1 aromatic heterocycles. The number of rotatable bonds is 8. The van der Waals surface area contributed by atoms with Crippen molar-refractivity contribution in [3.05, 3.63) is 218 Å². The number of para-hydroxylation sites is 2. The average Bonchev–Trinajstić information content (AvgIpc) is 3.66. The Morgan fingerprint density at radius 3 is 1.35 bits per heavy atom. The van der Waals surface area contributed by atoms with Gasteiger partial charge in [0, 0.05) is 38.2 Å². The highest BCUT2D eigenvalue weighted by Crippen LogP contribution is 2.53. The van der Waals surface area contributed by atoms with Crippen LogP contribution in [0.3, 0.4) is 0 Å². The Labute approximate surface area is 325 Å². The minimum Gasteiger partial charge on any atom is -0.308 e. The van der Waals surface area contributed by atoms with Gasteiger partial charge in [0.15, 0.2) is 0 Å². The molecule has 10 aromatic rings. The zero-order valence-corrected chi connectivity index (χ0v) is 30.9. The quantitative estimate of drug-likeness (QED) is 0.154. The van der Waals surface area contributed by atoms with Gasteiger partial charge in [-0.05, 0) is 93.7 Å². The number of hydrogen-bond donors (Lipinski definition) is 0. The molecule has 0 amide bonds. The van der Waals surface area contributed by atoms with E-state index in [9.17, 15) is 0 Å². The third kappa shape index (κ3) is 6.01. The van der Waals surface area contributed by atoms with Gasteiger partial charge in [0.25, 0.3) is 0 Å². The Hall–Kier alpha value is -6.94. The lowest BCUT2D eigenvalue weighted by Gasteiger charge is -2.33. The lowest BCUT2D eigenvalue weighted by atomic mass is 10.0. The van der Waals surface area contributed by atoms with Crippen LogP contribution in [0.5, 0.6) is 0 Å². The molecule has 0 bridgehead atoms. The number of hydrogen-bond acceptors (Lipinski definition) is 3. The van der Waals surface area contributed by atoms with Gasteiger partial charge in [-0.2, -0.15) is 0 Å². The molecule has 0 aliphatic rings. The Morgan fingerprint density at radius 1 is 0.309 bits per heavy atom. The molecule has 2 nitrogen and oxygen atoms in total. The number of thiophene rings is 1. The molecule has 9 aromatic carbocycles. The van der Waals surface area contributed by atoms with Crippen molar-refractivity contribution in [3.8, 4) is 22.3 Å². The molecule has 0 atom stereocenters. The van der Waals surface area contributed by atoms with E-state index in [0.29, 0.717) is 0 Å². The Balaban J connectivity index is 1.27. The van der Waals surface area contributed by atoms with Crippen LogP contribution in [0, 0.1) is 0 Å². The van der Waals surface area contributed by atoms with E-state index in [1.54, 1.807) is 0 Å². The summed E-state index contributed by atoms with van der Waals surface area (Å²) < 4.78 is 2.51. The van der Waals surface area contributed by atoms with E-state index in [1.807, 2.05) is 11.3 Å². The van der Waals surface area contributed by atoms with Gasteiger partial charge < -0.3 is 9.80 Å². The van der Waals surface area contributed by atoms with E-state index < -0.39 is 0 Å². The van der Waals surface area contributed by atoms with E-state index in [-0.39, 0.29) is 0 Å². The lowest BCUT2D eigenvalue weighted by Crippen LogP contribution is -2.17. The van der Waals surface area contributed by atoms with Crippen LogP contribution in [0.2, 0.25) is 0 Å². The van der Waals surface area contributed by atoms with Crippen molar-refractivity contribution in [2.45, 2.75) is 0 Å². The maximum absolute atomic E-state index is 2.46. The first-order chi connectivity index (χ1) is 27.3. The van der Waals surface area contributed by atoms with Crippen molar-refractivity contribution in [2.24, 2.45) is 0 Å². The Kier molecular flexibility index (Phi) is 8.40. The first-order valence-corrected chi connectivity index (χ1v) is 19.5. The number of anilines is 6. The van der Waals surface area contributed by atoms with Gasteiger partial charge in [0.1, 0.15) is 0 Å². The van der Waals surface area contributed by atoms with E-state index in [4.69, 9.17) is 0 Å². The molecule has 0 fully saturated rings. The Morgan fingerprint density at radius 2 is 0.764 bits per heavy atom. The topological polar surface area (TPSA) is 6.48 Å². The second-order valence-electron chi connectivity index (χ2n) is 13.7. The van der Waals surface area contributed by atoms with Crippen LogP contribution in [0.1, 0.15) is 0 Å². The molecule has 0 saturated heterocycles. The summed E-state index contributed by atoms with van der Waals surface area (Å²) in [4.78, 5) is 4.87. The fraction of sp³-hybridized carbons (Fsp3) is 0. The first-order valence-electron chi connectivity index (χ1n) is 18.7. The summed E-state index contributed by atoms with van der Waals surface area (Å²) in [5.74, 6) is 0. The SMILES string of the molecule is c1ccc(-c2ccc(N(c3ccccc3)c3ccc4c(sc5ccc6ccccc6c54)c3N(c3ccccc3)c3ccc(-c4ccccc4)cc3)cc2)cc1. The molecular weight excluding hydrogens is 685 g/mol. The third-order valence-electron chi connectivity index (χ3n) is 10.4. The number of fused-ring (bicyclic) bond motifs is 5. The van der Waals surface area contributed by atoms with E-state index >= 15 is 0 Å². The van der Waals surface area contributed by atoms with Gasteiger partial charge in [-0.25, -0.2) is 0 Å². The van der Waals surface area contributed by atoms with Crippen molar-refractivity contribution in [1.29, 1.82) is 0 Å². The van der Waals surface area contributed by atoms with Crippen molar-refractivity contribution >= 4 is 76.4 Å². The molecule has 0 spiro atoms. The molecule has 0 radical (unpaired) electrons. The molecule has 0 saturated carbocycles. The Bertz CT molecular complexity index is 2890. The highest BCUT2D eigenvalue weighted by atomic mass is 32.1. The third-order valence-corrected chi connectivity index (χ3v) is 11.6. The molecule has 0 N–H and O–H groups in total. The minimum atomic E-state index is 1.09. The van der Waals surface area contributed by atoms with Gasteiger partial charge >= 0.3 is 0 Å². The zero-order chi connectivity index (χ0) is 36.6. The summed E-state index contributed by atoms with van der Waals surface area (Å²) in [5, 5.41) is 5.09. The molecular formula is C52H36N2S. The van der Waals surface area contributed by atoms with Crippen molar-refractivity contribution in [3.63, 3.8) is 0 Å². The largest absolute Gasteiger partial charge is 0.308 e. The normalized spacial score (nSPS) is 11.3. The van der Waals surface area contributed by atoms with Crippen molar-refractivity contribution in [2.75, 3.05) is 9.80 Å². The van der Waals surface area contributed by atoms with Crippen LogP contribution in [-0.4, -0.2) is 0 Å². The van der Waals surface area contributed by atoms with Crippen LogP contribution in [0.15, 0.2) is 218 Å². The summed E-state index contributed by atoms with van der Waals surface area (Å²) in [6.07, 6.45) is 0. The molecule has 260 valence electrons. The molecule has 0 aliphatic carbocycles. The standard InChI is InChI=1S/C52H36N2S/c1-5-15-37(16-6-1)39-25-30-44(31-26-39)53(42-20-9-3-10-21-42)48-35-34-47-50-46-24-14-13-19-41(46)29-36-49(50)55-52(47)51(48)54(43-22-11-4-12-23-43)45-32-27-40(28-33-45)38-17-7-2-8-18-38/h1-36H. The molecule has 0 aliphatic heterocycles. The maximum atomic E-state index is 2.46. The lowest BCUT2D eigenvalue weighted by molar-refractivity contribution is 1.24. The van der Waals surface area contributed by atoms with Gasteiger partial charge in [-0.15, -0.1) is 11.3 Å².